The van der Waals surface area contributed by atoms with Crippen LogP contribution in [-0.2, 0) is 0 Å². The standard InChI is InChI=1S/C16H23NO2/c1-12-7-8-13(2)15(11-12)16(19)17-9-3-5-14(17)6-4-10-18/h7-8,11,14,18H,3-6,9-10H2,1-2H3. The van der Waals surface area contributed by atoms with Crippen LogP contribution in [0.5, 0.6) is 0 Å². The van der Waals surface area contributed by atoms with Gasteiger partial charge in [-0.3, -0.25) is 4.79 Å². The molecule has 0 bridgehead atoms. The van der Waals surface area contributed by atoms with Gasteiger partial charge >= 0.3 is 0 Å². The Labute approximate surface area is 115 Å². The minimum absolute atomic E-state index is 0.154. The zero-order valence-corrected chi connectivity index (χ0v) is 11.9. The van der Waals surface area contributed by atoms with Crippen molar-refractivity contribution in [1.29, 1.82) is 0 Å². The molecular weight excluding hydrogens is 238 g/mol. The van der Waals surface area contributed by atoms with E-state index >= 15 is 0 Å². The van der Waals surface area contributed by atoms with Crippen LogP contribution in [-0.4, -0.2) is 35.1 Å². The first kappa shape index (κ1) is 14.1. The molecule has 1 heterocycles. The number of benzene rings is 1. The molecule has 1 aromatic rings. The van der Waals surface area contributed by atoms with Crippen molar-refractivity contribution in [2.75, 3.05) is 13.2 Å². The molecule has 0 radical (unpaired) electrons. The molecule has 19 heavy (non-hydrogen) atoms. The first-order valence-corrected chi connectivity index (χ1v) is 7.12. The molecule has 1 N–H and O–H groups in total. The van der Waals surface area contributed by atoms with Crippen molar-refractivity contribution < 1.29 is 9.90 Å². The zero-order chi connectivity index (χ0) is 13.8. The van der Waals surface area contributed by atoms with Crippen LogP contribution in [0.4, 0.5) is 0 Å². The minimum Gasteiger partial charge on any atom is -0.396 e. The van der Waals surface area contributed by atoms with Crippen molar-refractivity contribution in [1.82, 2.24) is 4.90 Å². The van der Waals surface area contributed by atoms with Crippen molar-refractivity contribution in [3.05, 3.63) is 34.9 Å². The van der Waals surface area contributed by atoms with E-state index < -0.39 is 0 Å². The van der Waals surface area contributed by atoms with Gasteiger partial charge in [0.15, 0.2) is 0 Å². The number of aliphatic hydroxyl groups excluding tert-OH is 1. The largest absolute Gasteiger partial charge is 0.396 e. The van der Waals surface area contributed by atoms with E-state index in [-0.39, 0.29) is 12.5 Å². The van der Waals surface area contributed by atoms with Crippen LogP contribution in [0, 0.1) is 13.8 Å². The molecule has 1 fully saturated rings. The van der Waals surface area contributed by atoms with Gasteiger partial charge in [0.05, 0.1) is 0 Å². The maximum absolute atomic E-state index is 12.7. The maximum Gasteiger partial charge on any atom is 0.254 e. The SMILES string of the molecule is Cc1ccc(C)c(C(=O)N2CCCC2CCCO)c1. The smallest absolute Gasteiger partial charge is 0.254 e. The van der Waals surface area contributed by atoms with Gasteiger partial charge in [0.1, 0.15) is 0 Å². The average Bonchev–Trinajstić information content (AvgIpc) is 2.86. The number of aryl methyl sites for hydroxylation is 2. The molecule has 104 valence electrons. The number of carbonyl (C=O) groups is 1. The van der Waals surface area contributed by atoms with E-state index in [0.29, 0.717) is 6.04 Å². The quantitative estimate of drug-likeness (QED) is 0.905. The highest BCUT2D eigenvalue weighted by Crippen LogP contribution is 2.24. The topological polar surface area (TPSA) is 40.5 Å². The predicted octanol–water partition coefficient (Wildman–Crippen LogP) is 2.68. The van der Waals surface area contributed by atoms with E-state index in [0.717, 1.165) is 48.9 Å². The Kier molecular flexibility index (Phi) is 4.59. The summed E-state index contributed by atoms with van der Waals surface area (Å²) in [6.45, 7) is 5.07. The van der Waals surface area contributed by atoms with Gasteiger partial charge in [-0.15, -0.1) is 0 Å². The second-order valence-electron chi connectivity index (χ2n) is 5.48. The van der Waals surface area contributed by atoms with Gasteiger partial charge in [0.2, 0.25) is 0 Å². The third-order valence-corrected chi connectivity index (χ3v) is 3.96. The van der Waals surface area contributed by atoms with Gasteiger partial charge in [-0.25, -0.2) is 0 Å². The Morgan fingerprint density at radius 1 is 1.42 bits per heavy atom. The van der Waals surface area contributed by atoms with Gasteiger partial charge in [0, 0.05) is 24.8 Å². The van der Waals surface area contributed by atoms with Gasteiger partial charge < -0.3 is 10.0 Å². The Balaban J connectivity index is 2.16. The fraction of sp³-hybridized carbons (Fsp3) is 0.562. The highest BCUT2D eigenvalue weighted by Gasteiger charge is 2.29. The fourth-order valence-corrected chi connectivity index (χ4v) is 2.85. The van der Waals surface area contributed by atoms with Crippen LogP contribution in [0.25, 0.3) is 0 Å². The van der Waals surface area contributed by atoms with Crippen molar-refractivity contribution in [3.8, 4) is 0 Å². The van der Waals surface area contributed by atoms with E-state index in [9.17, 15) is 4.79 Å². The highest BCUT2D eigenvalue weighted by atomic mass is 16.3. The van der Waals surface area contributed by atoms with Crippen LogP contribution in [0.1, 0.15) is 47.2 Å². The molecule has 3 nitrogen and oxygen atoms in total. The van der Waals surface area contributed by atoms with E-state index in [4.69, 9.17) is 5.11 Å². The summed E-state index contributed by atoms with van der Waals surface area (Å²) in [7, 11) is 0. The van der Waals surface area contributed by atoms with Gasteiger partial charge in [-0.1, -0.05) is 17.7 Å². The van der Waals surface area contributed by atoms with Gasteiger partial charge in [0.25, 0.3) is 5.91 Å². The fourth-order valence-electron chi connectivity index (χ4n) is 2.85. The molecule has 1 unspecified atom stereocenters. The molecule has 0 spiro atoms. The van der Waals surface area contributed by atoms with Crippen LogP contribution < -0.4 is 0 Å². The van der Waals surface area contributed by atoms with E-state index in [1.165, 1.54) is 0 Å². The molecule has 1 aromatic carbocycles. The molecule has 0 aromatic heterocycles. The Hall–Kier alpha value is -1.35. The number of carbonyl (C=O) groups excluding carboxylic acids is 1. The molecule has 1 aliphatic rings. The van der Waals surface area contributed by atoms with Crippen LogP contribution >= 0.6 is 0 Å². The molecule has 0 saturated carbocycles. The van der Waals surface area contributed by atoms with Crippen molar-refractivity contribution in [3.63, 3.8) is 0 Å². The number of hydrogen-bond acceptors (Lipinski definition) is 2. The predicted molar refractivity (Wildman–Crippen MR) is 76.3 cm³/mol. The molecule has 3 heteroatoms. The summed E-state index contributed by atoms with van der Waals surface area (Å²) in [6, 6.07) is 6.35. The maximum atomic E-state index is 12.7. The van der Waals surface area contributed by atoms with Crippen LogP contribution in [0.2, 0.25) is 0 Å². The zero-order valence-electron chi connectivity index (χ0n) is 11.9. The molecule has 1 amide bonds. The van der Waals surface area contributed by atoms with Gasteiger partial charge in [-0.2, -0.15) is 0 Å². The summed E-state index contributed by atoms with van der Waals surface area (Å²) >= 11 is 0. The lowest BCUT2D eigenvalue weighted by Crippen LogP contribution is -2.36. The normalized spacial score (nSPS) is 18.9. The second-order valence-corrected chi connectivity index (χ2v) is 5.48. The lowest BCUT2D eigenvalue weighted by molar-refractivity contribution is 0.0723. The highest BCUT2D eigenvalue weighted by molar-refractivity contribution is 5.96. The second kappa shape index (κ2) is 6.20. The summed E-state index contributed by atoms with van der Waals surface area (Å²) in [5.74, 6) is 0.154. The monoisotopic (exact) mass is 261 g/mol. The van der Waals surface area contributed by atoms with Crippen molar-refractivity contribution in [2.45, 2.75) is 45.6 Å². The lowest BCUT2D eigenvalue weighted by Gasteiger charge is -2.25. The molecule has 1 atom stereocenters. The summed E-state index contributed by atoms with van der Waals surface area (Å²) in [5, 5.41) is 8.95. The number of rotatable bonds is 4. The van der Waals surface area contributed by atoms with E-state index in [1.807, 2.05) is 36.9 Å². The molecule has 0 aliphatic carbocycles. The molecule has 1 saturated heterocycles. The van der Waals surface area contributed by atoms with Crippen molar-refractivity contribution in [2.24, 2.45) is 0 Å². The molecular formula is C16H23NO2. The van der Waals surface area contributed by atoms with Crippen LogP contribution in [0.3, 0.4) is 0 Å². The van der Waals surface area contributed by atoms with E-state index in [1.54, 1.807) is 0 Å². The summed E-state index contributed by atoms with van der Waals surface area (Å²) in [4.78, 5) is 14.7. The molecule has 2 rings (SSSR count). The minimum atomic E-state index is 0.154. The first-order chi connectivity index (χ1) is 9.13. The number of amides is 1. The Morgan fingerprint density at radius 2 is 2.21 bits per heavy atom. The lowest BCUT2D eigenvalue weighted by atomic mass is 10.0. The first-order valence-electron chi connectivity index (χ1n) is 7.12. The van der Waals surface area contributed by atoms with Gasteiger partial charge in [-0.05, 0) is 51.2 Å². The van der Waals surface area contributed by atoms with E-state index in [2.05, 4.69) is 0 Å². The van der Waals surface area contributed by atoms with Crippen molar-refractivity contribution >= 4 is 5.91 Å². The summed E-state index contributed by atoms with van der Waals surface area (Å²) in [6.07, 6.45) is 3.83. The third-order valence-electron chi connectivity index (χ3n) is 3.96. The Bertz CT molecular complexity index is 456. The average molecular weight is 261 g/mol. The number of aliphatic hydroxyl groups is 1. The summed E-state index contributed by atoms with van der Waals surface area (Å²) < 4.78 is 0. The summed E-state index contributed by atoms with van der Waals surface area (Å²) in [5.41, 5.74) is 3.00. The molecule has 1 aliphatic heterocycles. The number of likely N-dealkylation sites (tertiary alicyclic amines) is 1. The Morgan fingerprint density at radius 3 is 2.95 bits per heavy atom. The van der Waals surface area contributed by atoms with Crippen LogP contribution in [0.15, 0.2) is 18.2 Å². The number of nitrogens with zero attached hydrogens (tertiary/aromatic N) is 1. The number of hydrogen-bond donors (Lipinski definition) is 1. The third kappa shape index (κ3) is 3.16.